The van der Waals surface area contributed by atoms with Gasteiger partial charge in [-0.1, -0.05) is 55.5 Å². The first-order valence-corrected chi connectivity index (χ1v) is 11.0. The minimum atomic E-state index is -0.859. The largest absolute Gasteiger partial charge is 0.481 e. The second kappa shape index (κ2) is 9.02. The van der Waals surface area contributed by atoms with Gasteiger partial charge in [0.1, 0.15) is 6.61 Å². The molecule has 2 aliphatic rings. The predicted molar refractivity (Wildman–Crippen MR) is 119 cm³/mol. The molecular weight excluding hydrogens is 408 g/mol. The molecule has 1 unspecified atom stereocenters. The summed E-state index contributed by atoms with van der Waals surface area (Å²) in [7, 11) is 0. The van der Waals surface area contributed by atoms with E-state index in [9.17, 15) is 19.5 Å². The number of carboxylic acids is 1. The van der Waals surface area contributed by atoms with Crippen molar-refractivity contribution in [3.63, 3.8) is 0 Å². The summed E-state index contributed by atoms with van der Waals surface area (Å²) < 4.78 is 5.49. The quantitative estimate of drug-likeness (QED) is 0.558. The first-order valence-electron chi connectivity index (χ1n) is 11.0. The Bertz CT molecular complexity index is 985. The van der Waals surface area contributed by atoms with Gasteiger partial charge in [-0.3, -0.25) is 9.59 Å². The molecule has 0 aliphatic heterocycles. The second-order valence-corrected chi connectivity index (χ2v) is 8.75. The highest BCUT2D eigenvalue weighted by Gasteiger charge is 2.50. The van der Waals surface area contributed by atoms with Gasteiger partial charge in [-0.15, -0.1) is 0 Å². The lowest BCUT2D eigenvalue weighted by molar-refractivity contribution is -0.143. The van der Waals surface area contributed by atoms with Gasteiger partial charge in [-0.2, -0.15) is 0 Å². The molecule has 0 saturated heterocycles. The number of amides is 2. The highest BCUT2D eigenvalue weighted by molar-refractivity contribution is 5.82. The van der Waals surface area contributed by atoms with Crippen molar-refractivity contribution in [2.24, 2.45) is 11.3 Å². The molecule has 0 bridgehead atoms. The first kappa shape index (κ1) is 21.9. The average molecular weight is 437 g/mol. The van der Waals surface area contributed by atoms with Crippen LogP contribution in [0.25, 0.3) is 11.1 Å². The smallest absolute Gasteiger partial charge is 0.407 e. The highest BCUT2D eigenvalue weighted by Crippen LogP contribution is 2.45. The number of ether oxygens (including phenoxy) is 1. The van der Waals surface area contributed by atoms with Crippen LogP contribution < -0.4 is 10.6 Å². The van der Waals surface area contributed by atoms with Crippen molar-refractivity contribution in [3.05, 3.63) is 59.7 Å². The molecular formula is C25H28N2O5. The fraction of sp³-hybridized carbons (Fsp3) is 0.400. The Morgan fingerprint density at radius 3 is 2.19 bits per heavy atom. The normalized spacial score (nSPS) is 16.4. The molecule has 1 fully saturated rings. The lowest BCUT2D eigenvalue weighted by Gasteiger charge is -2.16. The van der Waals surface area contributed by atoms with E-state index in [1.54, 1.807) is 6.92 Å². The summed E-state index contributed by atoms with van der Waals surface area (Å²) in [5, 5.41) is 14.6. The maximum absolute atomic E-state index is 12.2. The number of aliphatic carboxylic acids is 1. The van der Waals surface area contributed by atoms with E-state index >= 15 is 0 Å². The van der Waals surface area contributed by atoms with E-state index < -0.39 is 17.5 Å². The zero-order valence-corrected chi connectivity index (χ0v) is 18.1. The molecule has 2 aliphatic carbocycles. The van der Waals surface area contributed by atoms with E-state index in [1.807, 2.05) is 24.3 Å². The third-order valence-electron chi connectivity index (χ3n) is 6.55. The van der Waals surface area contributed by atoms with Crippen molar-refractivity contribution in [1.29, 1.82) is 0 Å². The summed E-state index contributed by atoms with van der Waals surface area (Å²) in [6.45, 7) is 2.46. The van der Waals surface area contributed by atoms with Crippen LogP contribution in [-0.4, -0.2) is 42.8 Å². The van der Waals surface area contributed by atoms with Crippen molar-refractivity contribution < 1.29 is 24.2 Å². The van der Waals surface area contributed by atoms with Crippen LogP contribution in [0.15, 0.2) is 48.5 Å². The molecule has 0 radical (unpaired) electrons. The van der Waals surface area contributed by atoms with Crippen LogP contribution in [0.5, 0.6) is 0 Å². The Morgan fingerprint density at radius 1 is 1.03 bits per heavy atom. The maximum atomic E-state index is 12.2. The minimum Gasteiger partial charge on any atom is -0.481 e. The zero-order valence-electron chi connectivity index (χ0n) is 18.1. The standard InChI is InChI=1S/C25H28N2O5/c1-16(22(28)27-15-25(11-12-25)23(29)30)10-13-26-24(31)32-14-21-19-8-4-2-6-17(19)18-7-3-5-9-20(18)21/h2-9,16,21H,10-15H2,1H3,(H,26,31)(H,27,28)(H,29,30). The summed E-state index contributed by atoms with van der Waals surface area (Å²) >= 11 is 0. The molecule has 0 heterocycles. The van der Waals surface area contributed by atoms with E-state index in [4.69, 9.17) is 4.74 Å². The summed E-state index contributed by atoms with van der Waals surface area (Å²) in [5.74, 6) is -1.40. The van der Waals surface area contributed by atoms with E-state index in [0.29, 0.717) is 25.8 Å². The predicted octanol–water partition coefficient (Wildman–Crippen LogP) is 3.53. The van der Waals surface area contributed by atoms with Crippen molar-refractivity contribution in [2.45, 2.75) is 32.1 Å². The van der Waals surface area contributed by atoms with Crippen LogP contribution >= 0.6 is 0 Å². The van der Waals surface area contributed by atoms with Crippen LogP contribution in [0.3, 0.4) is 0 Å². The molecule has 1 saturated carbocycles. The van der Waals surface area contributed by atoms with E-state index in [0.717, 1.165) is 11.1 Å². The Labute approximate surface area is 187 Å². The number of nitrogens with one attached hydrogen (secondary N) is 2. The maximum Gasteiger partial charge on any atom is 0.407 e. The van der Waals surface area contributed by atoms with Crippen molar-refractivity contribution >= 4 is 18.0 Å². The number of carbonyl (C=O) groups excluding carboxylic acids is 2. The van der Waals surface area contributed by atoms with Gasteiger partial charge in [-0.05, 0) is 41.5 Å². The lowest BCUT2D eigenvalue weighted by Crippen LogP contribution is -2.38. The fourth-order valence-corrected chi connectivity index (χ4v) is 4.22. The highest BCUT2D eigenvalue weighted by atomic mass is 16.5. The number of carbonyl (C=O) groups is 3. The number of hydrogen-bond acceptors (Lipinski definition) is 4. The minimum absolute atomic E-state index is 0.00170. The van der Waals surface area contributed by atoms with Crippen LogP contribution in [0.1, 0.15) is 43.2 Å². The molecule has 0 aromatic heterocycles. The number of alkyl carbamates (subject to hydrolysis) is 1. The monoisotopic (exact) mass is 436 g/mol. The van der Waals surface area contributed by atoms with Gasteiger partial charge >= 0.3 is 12.1 Å². The van der Waals surface area contributed by atoms with Gasteiger partial charge in [0.15, 0.2) is 0 Å². The summed E-state index contributed by atoms with van der Waals surface area (Å²) in [6.07, 6.45) is 1.12. The Kier molecular flexibility index (Phi) is 6.17. The number of carboxylic acid groups (broad SMARTS) is 1. The van der Waals surface area contributed by atoms with E-state index in [2.05, 4.69) is 34.9 Å². The second-order valence-electron chi connectivity index (χ2n) is 8.75. The van der Waals surface area contributed by atoms with Crippen molar-refractivity contribution in [2.75, 3.05) is 19.7 Å². The summed E-state index contributed by atoms with van der Waals surface area (Å²) in [4.78, 5) is 35.6. The molecule has 32 heavy (non-hydrogen) atoms. The van der Waals surface area contributed by atoms with Crippen LogP contribution in [0, 0.1) is 11.3 Å². The number of fused-ring (bicyclic) bond motifs is 3. The molecule has 2 amide bonds. The molecule has 1 atom stereocenters. The Balaban J connectivity index is 1.21. The third-order valence-corrected chi connectivity index (χ3v) is 6.55. The third kappa shape index (κ3) is 4.47. The lowest BCUT2D eigenvalue weighted by atomic mass is 9.98. The molecule has 2 aromatic rings. The number of rotatable bonds is 9. The van der Waals surface area contributed by atoms with Gasteiger partial charge in [0.25, 0.3) is 0 Å². The zero-order chi connectivity index (χ0) is 22.7. The van der Waals surface area contributed by atoms with Gasteiger partial charge in [0, 0.05) is 24.9 Å². The topological polar surface area (TPSA) is 105 Å². The Morgan fingerprint density at radius 2 is 1.62 bits per heavy atom. The molecule has 7 heteroatoms. The van der Waals surface area contributed by atoms with Crippen molar-refractivity contribution in [3.8, 4) is 11.1 Å². The van der Waals surface area contributed by atoms with Crippen LogP contribution in [0.2, 0.25) is 0 Å². The molecule has 4 rings (SSSR count). The van der Waals surface area contributed by atoms with Gasteiger partial charge < -0.3 is 20.5 Å². The van der Waals surface area contributed by atoms with Gasteiger partial charge in [0.05, 0.1) is 5.41 Å². The SMILES string of the molecule is CC(CCNC(=O)OCC1c2ccccc2-c2ccccc21)C(=O)NCC1(C(=O)O)CC1. The molecule has 3 N–H and O–H groups in total. The van der Waals surface area contributed by atoms with Crippen molar-refractivity contribution in [1.82, 2.24) is 10.6 Å². The van der Waals surface area contributed by atoms with E-state index in [1.165, 1.54) is 11.1 Å². The average Bonchev–Trinajstić information content (AvgIpc) is 3.53. The fourth-order valence-electron chi connectivity index (χ4n) is 4.22. The van der Waals surface area contributed by atoms with E-state index in [-0.39, 0.29) is 30.9 Å². The first-order chi connectivity index (χ1) is 15.4. The van der Waals surface area contributed by atoms with Gasteiger partial charge in [-0.25, -0.2) is 4.79 Å². The summed E-state index contributed by atoms with van der Waals surface area (Å²) in [5.41, 5.74) is 3.87. The van der Waals surface area contributed by atoms with Crippen LogP contribution in [0.4, 0.5) is 4.79 Å². The molecule has 7 nitrogen and oxygen atoms in total. The number of benzene rings is 2. The summed E-state index contributed by atoms with van der Waals surface area (Å²) in [6, 6.07) is 16.3. The van der Waals surface area contributed by atoms with Crippen LogP contribution in [-0.2, 0) is 14.3 Å². The Hall–Kier alpha value is -3.35. The molecule has 2 aromatic carbocycles. The van der Waals surface area contributed by atoms with Gasteiger partial charge in [0.2, 0.25) is 5.91 Å². The number of hydrogen-bond donors (Lipinski definition) is 3. The molecule has 168 valence electrons. The molecule has 0 spiro atoms.